The minimum Gasteiger partial charge on any atom is -0.504 e. The number of benzene rings is 1. The van der Waals surface area contributed by atoms with Crippen LogP contribution in [0.25, 0.3) is 0 Å². The summed E-state index contributed by atoms with van der Waals surface area (Å²) in [5.74, 6) is 0.840. The number of methoxy groups -OCH3 is 1. The van der Waals surface area contributed by atoms with Gasteiger partial charge in [0.25, 0.3) is 0 Å². The van der Waals surface area contributed by atoms with Gasteiger partial charge in [0.05, 0.1) is 12.6 Å². The van der Waals surface area contributed by atoms with Crippen molar-refractivity contribution >= 4 is 0 Å². The molecular formula is C17H19NO2. The molecule has 0 aromatic heterocycles. The van der Waals surface area contributed by atoms with Crippen molar-refractivity contribution in [1.82, 2.24) is 4.90 Å². The lowest BCUT2D eigenvalue weighted by Gasteiger charge is -2.47. The SMILES string of the molecule is COc1cc2c(cc1O)[C@]13CCC=CC1=CCN3CC2. The number of hydrogen-bond acceptors (Lipinski definition) is 3. The highest BCUT2D eigenvalue weighted by atomic mass is 16.5. The number of phenolic OH excluding ortho intramolecular Hbond substituents is 1. The number of fused-ring (bicyclic) bond motifs is 1. The van der Waals surface area contributed by atoms with Gasteiger partial charge in [-0.05, 0) is 48.1 Å². The van der Waals surface area contributed by atoms with Crippen molar-refractivity contribution in [3.05, 3.63) is 47.1 Å². The van der Waals surface area contributed by atoms with Gasteiger partial charge in [0, 0.05) is 13.1 Å². The predicted octanol–water partition coefficient (Wildman–Crippen LogP) is 2.74. The molecule has 1 aliphatic carbocycles. The summed E-state index contributed by atoms with van der Waals surface area (Å²) in [6.45, 7) is 2.10. The molecule has 1 spiro atoms. The summed E-state index contributed by atoms with van der Waals surface area (Å²) < 4.78 is 5.26. The highest BCUT2D eigenvalue weighted by molar-refractivity contribution is 5.56. The first-order valence-corrected chi connectivity index (χ1v) is 7.28. The lowest BCUT2D eigenvalue weighted by Crippen LogP contribution is -2.48. The molecule has 0 saturated carbocycles. The van der Waals surface area contributed by atoms with E-state index in [1.54, 1.807) is 7.11 Å². The average Bonchev–Trinajstić information content (AvgIpc) is 2.86. The van der Waals surface area contributed by atoms with Gasteiger partial charge in [-0.25, -0.2) is 0 Å². The summed E-state index contributed by atoms with van der Waals surface area (Å²) in [4.78, 5) is 2.56. The van der Waals surface area contributed by atoms with E-state index in [2.05, 4.69) is 23.1 Å². The minimum atomic E-state index is -0.00785. The normalized spacial score (nSPS) is 27.6. The Bertz CT molecular complexity index is 632. The molecule has 4 rings (SSSR count). The van der Waals surface area contributed by atoms with Crippen molar-refractivity contribution in [2.45, 2.75) is 24.8 Å². The number of allylic oxidation sites excluding steroid dienone is 1. The first-order valence-electron chi connectivity index (χ1n) is 7.28. The minimum absolute atomic E-state index is 0.00785. The van der Waals surface area contributed by atoms with E-state index in [-0.39, 0.29) is 11.3 Å². The van der Waals surface area contributed by atoms with Crippen LogP contribution < -0.4 is 4.74 Å². The molecule has 20 heavy (non-hydrogen) atoms. The lowest BCUT2D eigenvalue weighted by molar-refractivity contribution is 0.131. The van der Waals surface area contributed by atoms with Gasteiger partial charge in [-0.15, -0.1) is 0 Å². The molecule has 2 heterocycles. The van der Waals surface area contributed by atoms with E-state index in [1.807, 2.05) is 12.1 Å². The molecule has 104 valence electrons. The molecule has 0 bridgehead atoms. The molecule has 3 nitrogen and oxygen atoms in total. The molecule has 1 N–H and O–H groups in total. The van der Waals surface area contributed by atoms with E-state index in [4.69, 9.17) is 4.74 Å². The summed E-state index contributed by atoms with van der Waals surface area (Å²) in [6, 6.07) is 3.95. The van der Waals surface area contributed by atoms with E-state index in [9.17, 15) is 5.11 Å². The Morgan fingerprint density at radius 2 is 2.25 bits per heavy atom. The Hall–Kier alpha value is -1.74. The Morgan fingerprint density at radius 3 is 3.10 bits per heavy atom. The number of nitrogens with zero attached hydrogens (tertiary/aromatic N) is 1. The summed E-state index contributed by atoms with van der Waals surface area (Å²) in [5, 5.41) is 10.2. The van der Waals surface area contributed by atoms with E-state index < -0.39 is 0 Å². The van der Waals surface area contributed by atoms with Crippen molar-refractivity contribution in [3.8, 4) is 11.5 Å². The van der Waals surface area contributed by atoms with Crippen molar-refractivity contribution in [2.75, 3.05) is 20.2 Å². The Labute approximate surface area is 119 Å². The fourth-order valence-corrected chi connectivity index (χ4v) is 4.09. The Kier molecular flexibility index (Phi) is 2.48. The van der Waals surface area contributed by atoms with E-state index in [1.165, 1.54) is 16.7 Å². The Morgan fingerprint density at radius 1 is 1.35 bits per heavy atom. The standard InChI is InChI=1S/C17H19NO2/c1-20-16-10-12-5-8-18-9-6-13-4-2-3-7-17(13,18)14(12)11-15(16)19/h2,4,6,10-11,19H,3,5,7-9H2,1H3/t17-/m0/s1. The van der Waals surface area contributed by atoms with Crippen molar-refractivity contribution < 1.29 is 9.84 Å². The molecule has 3 heteroatoms. The third kappa shape index (κ3) is 1.39. The predicted molar refractivity (Wildman–Crippen MR) is 78.1 cm³/mol. The molecule has 1 aromatic carbocycles. The van der Waals surface area contributed by atoms with E-state index >= 15 is 0 Å². The second kappa shape index (κ2) is 4.13. The topological polar surface area (TPSA) is 32.7 Å². The van der Waals surface area contributed by atoms with E-state index in [0.717, 1.165) is 32.4 Å². The van der Waals surface area contributed by atoms with Gasteiger partial charge in [-0.1, -0.05) is 18.2 Å². The summed E-state index contributed by atoms with van der Waals surface area (Å²) in [5.41, 5.74) is 3.98. The highest BCUT2D eigenvalue weighted by Crippen LogP contribution is 2.51. The zero-order chi connectivity index (χ0) is 13.7. The third-order valence-corrected chi connectivity index (χ3v) is 5.02. The van der Waals surface area contributed by atoms with E-state index in [0.29, 0.717) is 5.75 Å². The summed E-state index contributed by atoms with van der Waals surface area (Å²) >= 11 is 0. The van der Waals surface area contributed by atoms with Gasteiger partial charge in [0.1, 0.15) is 0 Å². The maximum absolute atomic E-state index is 10.2. The van der Waals surface area contributed by atoms with Crippen LogP contribution in [-0.4, -0.2) is 30.2 Å². The second-order valence-corrected chi connectivity index (χ2v) is 5.84. The first kappa shape index (κ1) is 12.0. The molecule has 0 saturated heterocycles. The molecule has 1 aromatic rings. The number of aromatic hydroxyl groups is 1. The van der Waals surface area contributed by atoms with Crippen LogP contribution in [0.1, 0.15) is 24.0 Å². The van der Waals surface area contributed by atoms with Crippen molar-refractivity contribution in [3.63, 3.8) is 0 Å². The zero-order valence-electron chi connectivity index (χ0n) is 11.7. The molecule has 3 aliphatic rings. The highest BCUT2D eigenvalue weighted by Gasteiger charge is 2.48. The fraction of sp³-hybridized carbons (Fsp3) is 0.412. The third-order valence-electron chi connectivity index (χ3n) is 5.02. The van der Waals surface area contributed by atoms with Gasteiger partial charge >= 0.3 is 0 Å². The van der Waals surface area contributed by atoms with Crippen molar-refractivity contribution in [2.24, 2.45) is 0 Å². The molecule has 1 atom stereocenters. The molecule has 0 fully saturated rings. The smallest absolute Gasteiger partial charge is 0.160 e. The zero-order valence-corrected chi connectivity index (χ0v) is 11.7. The largest absolute Gasteiger partial charge is 0.504 e. The molecular weight excluding hydrogens is 250 g/mol. The van der Waals surface area contributed by atoms with Crippen LogP contribution >= 0.6 is 0 Å². The first-order chi connectivity index (χ1) is 9.75. The monoisotopic (exact) mass is 269 g/mol. The Balaban J connectivity index is 1.94. The molecule has 0 radical (unpaired) electrons. The number of rotatable bonds is 1. The molecule has 0 amide bonds. The summed E-state index contributed by atoms with van der Waals surface area (Å²) in [6.07, 6.45) is 10.1. The van der Waals surface area contributed by atoms with Crippen LogP contribution in [-0.2, 0) is 12.0 Å². The lowest BCUT2D eigenvalue weighted by atomic mass is 9.72. The van der Waals surface area contributed by atoms with Gasteiger partial charge in [0.2, 0.25) is 0 Å². The quantitative estimate of drug-likeness (QED) is 0.851. The number of phenols is 1. The maximum Gasteiger partial charge on any atom is 0.160 e. The van der Waals surface area contributed by atoms with Crippen LogP contribution in [0.3, 0.4) is 0 Å². The van der Waals surface area contributed by atoms with Crippen LogP contribution in [0.5, 0.6) is 11.5 Å². The number of ether oxygens (including phenoxy) is 1. The van der Waals surface area contributed by atoms with Crippen LogP contribution in [0.4, 0.5) is 0 Å². The summed E-state index contributed by atoms with van der Waals surface area (Å²) in [7, 11) is 1.61. The van der Waals surface area contributed by atoms with Gasteiger partial charge < -0.3 is 9.84 Å². The van der Waals surface area contributed by atoms with Crippen LogP contribution in [0.15, 0.2) is 35.9 Å². The maximum atomic E-state index is 10.2. The molecule has 0 unspecified atom stereocenters. The molecule has 2 aliphatic heterocycles. The average molecular weight is 269 g/mol. The van der Waals surface area contributed by atoms with Crippen LogP contribution in [0, 0.1) is 0 Å². The number of hydrogen-bond donors (Lipinski definition) is 1. The fourth-order valence-electron chi connectivity index (χ4n) is 4.09. The van der Waals surface area contributed by atoms with Crippen molar-refractivity contribution in [1.29, 1.82) is 0 Å². The van der Waals surface area contributed by atoms with Gasteiger partial charge in [-0.3, -0.25) is 4.90 Å². The second-order valence-electron chi connectivity index (χ2n) is 5.84. The van der Waals surface area contributed by atoms with Gasteiger partial charge in [0.15, 0.2) is 11.5 Å². The van der Waals surface area contributed by atoms with Gasteiger partial charge in [-0.2, -0.15) is 0 Å². The van der Waals surface area contributed by atoms with Crippen LogP contribution in [0.2, 0.25) is 0 Å².